The lowest BCUT2D eigenvalue weighted by atomic mass is 10.0. The molecule has 3 rings (SSSR count). The third-order valence-electron chi connectivity index (χ3n) is 4.13. The van der Waals surface area contributed by atoms with E-state index in [2.05, 4.69) is 0 Å². The molecule has 0 radical (unpaired) electrons. The number of aromatic carboxylic acids is 1. The number of amides is 1. The van der Waals surface area contributed by atoms with Crippen molar-refractivity contribution < 1.29 is 23.8 Å². The van der Waals surface area contributed by atoms with E-state index in [9.17, 15) is 14.7 Å². The molecule has 0 saturated carbocycles. The number of nitrogens with zero attached hydrogens (tertiary/aromatic N) is 1. The van der Waals surface area contributed by atoms with Crippen molar-refractivity contribution >= 4 is 11.9 Å². The van der Waals surface area contributed by atoms with Crippen molar-refractivity contribution in [2.75, 3.05) is 19.8 Å². The molecule has 0 aliphatic carbocycles. The summed E-state index contributed by atoms with van der Waals surface area (Å²) < 4.78 is 11.1. The number of hydrogen-bond donors (Lipinski definition) is 1. The highest BCUT2D eigenvalue weighted by atomic mass is 16.5. The summed E-state index contributed by atoms with van der Waals surface area (Å²) in [5.41, 5.74) is 0.667. The van der Waals surface area contributed by atoms with E-state index in [0.717, 1.165) is 5.76 Å². The molecule has 2 aromatic rings. The van der Waals surface area contributed by atoms with E-state index in [1.165, 1.54) is 6.07 Å². The fourth-order valence-corrected chi connectivity index (χ4v) is 2.92. The smallest absolute Gasteiger partial charge is 0.335 e. The van der Waals surface area contributed by atoms with Crippen LogP contribution in [0.1, 0.15) is 33.5 Å². The van der Waals surface area contributed by atoms with E-state index in [4.69, 9.17) is 9.15 Å². The Hall–Kier alpha value is -2.60. The van der Waals surface area contributed by atoms with Crippen molar-refractivity contribution in [2.24, 2.45) is 0 Å². The number of carbonyl (C=O) groups excluding carboxylic acids is 1. The van der Waals surface area contributed by atoms with E-state index in [1.54, 1.807) is 23.1 Å². The first-order chi connectivity index (χ1) is 11.6. The molecule has 1 aromatic heterocycles. The molecule has 24 heavy (non-hydrogen) atoms. The van der Waals surface area contributed by atoms with Gasteiger partial charge in [-0.2, -0.15) is 0 Å². The van der Waals surface area contributed by atoms with E-state index in [1.807, 2.05) is 19.1 Å². The van der Waals surface area contributed by atoms with Gasteiger partial charge < -0.3 is 19.2 Å². The lowest BCUT2D eigenvalue weighted by Gasteiger charge is -2.34. The summed E-state index contributed by atoms with van der Waals surface area (Å²) >= 11 is 0. The Morgan fingerprint density at radius 3 is 2.75 bits per heavy atom. The Morgan fingerprint density at radius 2 is 2.04 bits per heavy atom. The average Bonchev–Trinajstić information content (AvgIpc) is 3.01. The van der Waals surface area contributed by atoms with Gasteiger partial charge in [0, 0.05) is 6.54 Å². The van der Waals surface area contributed by atoms with E-state index in [0.29, 0.717) is 31.1 Å². The first-order valence-electron chi connectivity index (χ1n) is 7.81. The van der Waals surface area contributed by atoms with Gasteiger partial charge in [-0.3, -0.25) is 4.79 Å². The second-order valence-corrected chi connectivity index (χ2v) is 5.77. The maximum Gasteiger partial charge on any atom is 0.335 e. The van der Waals surface area contributed by atoms with Gasteiger partial charge in [0.25, 0.3) is 0 Å². The summed E-state index contributed by atoms with van der Waals surface area (Å²) in [4.78, 5) is 25.8. The highest BCUT2D eigenvalue weighted by Gasteiger charge is 2.31. The zero-order valence-electron chi connectivity index (χ0n) is 13.4. The molecule has 1 atom stereocenters. The van der Waals surface area contributed by atoms with Crippen LogP contribution in [-0.4, -0.2) is 41.6 Å². The largest absolute Gasteiger partial charge is 0.478 e. The number of carboxylic acids is 1. The second kappa shape index (κ2) is 6.88. The summed E-state index contributed by atoms with van der Waals surface area (Å²) in [6, 6.07) is 10.00. The van der Waals surface area contributed by atoms with Crippen molar-refractivity contribution in [2.45, 2.75) is 19.4 Å². The van der Waals surface area contributed by atoms with Crippen LogP contribution >= 0.6 is 0 Å². The van der Waals surface area contributed by atoms with Crippen LogP contribution in [0.25, 0.3) is 0 Å². The Balaban J connectivity index is 1.81. The molecule has 2 heterocycles. The van der Waals surface area contributed by atoms with Crippen LogP contribution in [0, 0.1) is 6.92 Å². The minimum absolute atomic E-state index is 0.0403. The van der Waals surface area contributed by atoms with Gasteiger partial charge >= 0.3 is 5.97 Å². The molecule has 1 unspecified atom stereocenters. The van der Waals surface area contributed by atoms with E-state index >= 15 is 0 Å². The topological polar surface area (TPSA) is 80.0 Å². The molecule has 6 nitrogen and oxygen atoms in total. The number of ether oxygens (including phenoxy) is 1. The Bertz CT molecular complexity index is 751. The highest BCUT2D eigenvalue weighted by molar-refractivity contribution is 5.91. The number of hydrogen-bond acceptors (Lipinski definition) is 4. The average molecular weight is 329 g/mol. The van der Waals surface area contributed by atoms with Gasteiger partial charge in [-0.1, -0.05) is 18.2 Å². The number of rotatable bonds is 4. The molecular formula is C18H19NO5. The molecular weight excluding hydrogens is 310 g/mol. The quantitative estimate of drug-likeness (QED) is 0.932. The molecule has 1 amide bonds. The molecule has 126 valence electrons. The van der Waals surface area contributed by atoms with Crippen LogP contribution < -0.4 is 0 Å². The van der Waals surface area contributed by atoms with Crippen LogP contribution in [0.3, 0.4) is 0 Å². The summed E-state index contributed by atoms with van der Waals surface area (Å²) in [5, 5.41) is 9.26. The summed E-state index contributed by atoms with van der Waals surface area (Å²) in [6.45, 7) is 3.14. The third-order valence-corrected chi connectivity index (χ3v) is 4.13. The Labute approximate surface area is 139 Å². The minimum atomic E-state index is -1.03. The van der Waals surface area contributed by atoms with Crippen LogP contribution in [0.2, 0.25) is 0 Å². The molecule has 0 spiro atoms. The predicted molar refractivity (Wildman–Crippen MR) is 85.8 cm³/mol. The highest BCUT2D eigenvalue weighted by Crippen LogP contribution is 2.27. The maximum absolute atomic E-state index is 12.8. The van der Waals surface area contributed by atoms with Gasteiger partial charge in [0.1, 0.15) is 17.6 Å². The Morgan fingerprint density at radius 1 is 1.25 bits per heavy atom. The fraction of sp³-hybridized carbons (Fsp3) is 0.333. The normalized spacial score (nSPS) is 17.7. The maximum atomic E-state index is 12.8. The summed E-state index contributed by atoms with van der Waals surface area (Å²) in [7, 11) is 0. The van der Waals surface area contributed by atoms with Crippen molar-refractivity contribution in [3.8, 4) is 0 Å². The number of furan rings is 1. The molecule has 0 bridgehead atoms. The first-order valence-corrected chi connectivity index (χ1v) is 7.81. The molecule has 1 fully saturated rings. The fourth-order valence-electron chi connectivity index (χ4n) is 2.92. The Kier molecular flexibility index (Phi) is 4.66. The van der Waals surface area contributed by atoms with E-state index in [-0.39, 0.29) is 23.9 Å². The standard InChI is InChI=1S/C18H19NO5/c1-12-6-7-16(24-12)15-11-23-9-8-19(15)17(20)10-13-4-2-3-5-14(13)18(21)22/h2-7,15H,8-11H2,1H3,(H,21,22). The summed E-state index contributed by atoms with van der Waals surface area (Å²) in [5.74, 6) is 0.302. The lowest BCUT2D eigenvalue weighted by molar-refractivity contribution is -0.140. The van der Waals surface area contributed by atoms with Gasteiger partial charge in [0.2, 0.25) is 5.91 Å². The number of carbonyl (C=O) groups is 2. The van der Waals surface area contributed by atoms with Gasteiger partial charge in [-0.15, -0.1) is 0 Å². The molecule has 1 saturated heterocycles. The van der Waals surface area contributed by atoms with Gasteiger partial charge in [0.15, 0.2) is 0 Å². The van der Waals surface area contributed by atoms with Gasteiger partial charge in [-0.25, -0.2) is 4.79 Å². The zero-order chi connectivity index (χ0) is 17.1. The van der Waals surface area contributed by atoms with Crippen molar-refractivity contribution in [1.29, 1.82) is 0 Å². The van der Waals surface area contributed by atoms with Crippen LogP contribution in [-0.2, 0) is 16.0 Å². The van der Waals surface area contributed by atoms with E-state index < -0.39 is 5.97 Å². The monoisotopic (exact) mass is 329 g/mol. The number of morpholine rings is 1. The predicted octanol–water partition coefficient (Wildman–Crippen LogP) is 2.43. The number of carboxylic acid groups (broad SMARTS) is 1. The van der Waals surface area contributed by atoms with Crippen LogP contribution in [0.4, 0.5) is 0 Å². The SMILES string of the molecule is Cc1ccc(C2COCCN2C(=O)Cc2ccccc2C(=O)O)o1. The molecule has 1 aliphatic heterocycles. The second-order valence-electron chi connectivity index (χ2n) is 5.77. The van der Waals surface area contributed by atoms with Gasteiger partial charge in [0.05, 0.1) is 25.2 Å². The zero-order valence-corrected chi connectivity index (χ0v) is 13.4. The summed E-state index contributed by atoms with van der Waals surface area (Å²) in [6.07, 6.45) is 0.0403. The van der Waals surface area contributed by atoms with Gasteiger partial charge in [-0.05, 0) is 30.7 Å². The minimum Gasteiger partial charge on any atom is -0.478 e. The third kappa shape index (κ3) is 3.33. The number of aryl methyl sites for hydroxylation is 1. The molecule has 1 aromatic carbocycles. The van der Waals surface area contributed by atoms with Crippen LogP contribution in [0.15, 0.2) is 40.8 Å². The molecule has 1 N–H and O–H groups in total. The van der Waals surface area contributed by atoms with Crippen molar-refractivity contribution in [3.05, 3.63) is 59.0 Å². The van der Waals surface area contributed by atoms with Crippen molar-refractivity contribution in [3.63, 3.8) is 0 Å². The van der Waals surface area contributed by atoms with Crippen LogP contribution in [0.5, 0.6) is 0 Å². The molecule has 6 heteroatoms. The molecule has 1 aliphatic rings. The van der Waals surface area contributed by atoms with Crippen molar-refractivity contribution in [1.82, 2.24) is 4.90 Å². The first kappa shape index (κ1) is 16.3. The lowest BCUT2D eigenvalue weighted by Crippen LogP contribution is -2.44. The number of benzene rings is 1.